The molecule has 0 saturated heterocycles. The van der Waals surface area contributed by atoms with Crippen LogP contribution in [0.3, 0.4) is 0 Å². The van der Waals surface area contributed by atoms with E-state index in [1.54, 1.807) is 19.1 Å². The number of carbonyl (C=O) groups is 2. The third kappa shape index (κ3) is 6.79. The second-order valence-electron chi connectivity index (χ2n) is 7.20. The lowest BCUT2D eigenvalue weighted by atomic mass is 10.1. The summed E-state index contributed by atoms with van der Waals surface area (Å²) in [5.74, 6) is 0.200. The van der Waals surface area contributed by atoms with Crippen LogP contribution in [0.15, 0.2) is 48.5 Å². The monoisotopic (exact) mass is 416 g/mol. The Morgan fingerprint density at radius 1 is 1.14 bits per heavy atom. The summed E-state index contributed by atoms with van der Waals surface area (Å²) in [6.45, 7) is 7.72. The fraction of sp³-hybridized carbons (Fsp3) is 0.391. The van der Waals surface area contributed by atoms with Gasteiger partial charge in [-0.15, -0.1) is 0 Å². The molecule has 0 fully saturated rings. The van der Waals surface area contributed by atoms with Crippen molar-refractivity contribution in [1.82, 2.24) is 10.2 Å². The smallest absolute Gasteiger partial charge is 0.261 e. The molecule has 2 unspecified atom stereocenters. The molecule has 2 aromatic carbocycles. The lowest BCUT2D eigenvalue weighted by Crippen LogP contribution is -2.50. The summed E-state index contributed by atoms with van der Waals surface area (Å²) in [4.78, 5) is 27.2. The Morgan fingerprint density at radius 2 is 1.86 bits per heavy atom. The van der Waals surface area contributed by atoms with Gasteiger partial charge in [0.1, 0.15) is 11.8 Å². The first-order valence-electron chi connectivity index (χ1n) is 9.84. The second-order valence-corrected chi connectivity index (χ2v) is 7.64. The summed E-state index contributed by atoms with van der Waals surface area (Å²) >= 11 is 6.09. The normalized spacial score (nSPS) is 12.7. The van der Waals surface area contributed by atoms with E-state index in [0.29, 0.717) is 10.8 Å². The van der Waals surface area contributed by atoms with E-state index >= 15 is 0 Å². The van der Waals surface area contributed by atoms with Crippen molar-refractivity contribution in [2.45, 2.75) is 52.7 Å². The van der Waals surface area contributed by atoms with Gasteiger partial charge in [0.05, 0.1) is 0 Å². The number of halogens is 1. The average molecular weight is 417 g/mol. The van der Waals surface area contributed by atoms with Crippen LogP contribution in [0.4, 0.5) is 0 Å². The van der Waals surface area contributed by atoms with Gasteiger partial charge in [0, 0.05) is 17.6 Å². The maximum absolute atomic E-state index is 13.0. The van der Waals surface area contributed by atoms with E-state index < -0.39 is 6.04 Å². The Labute approximate surface area is 178 Å². The van der Waals surface area contributed by atoms with Gasteiger partial charge in [-0.1, -0.05) is 48.9 Å². The summed E-state index contributed by atoms with van der Waals surface area (Å²) in [7, 11) is 0. The standard InChI is InChI=1S/C23H29ClN2O3/c1-5-17(3)25-23(28)18(4)26(14-19-10-8-11-20(24)13-19)22(27)15-29-21-12-7-6-9-16(21)2/h6-13,17-18H,5,14-15H2,1-4H3,(H,25,28). The first-order valence-corrected chi connectivity index (χ1v) is 10.2. The van der Waals surface area contributed by atoms with Crippen LogP contribution in [0.2, 0.25) is 5.02 Å². The number of amides is 2. The molecule has 0 spiro atoms. The molecule has 0 radical (unpaired) electrons. The van der Waals surface area contributed by atoms with Gasteiger partial charge < -0.3 is 15.0 Å². The Balaban J connectivity index is 2.17. The van der Waals surface area contributed by atoms with Crippen LogP contribution in [-0.4, -0.2) is 35.4 Å². The fourth-order valence-electron chi connectivity index (χ4n) is 2.82. The highest BCUT2D eigenvalue weighted by Crippen LogP contribution is 2.18. The van der Waals surface area contributed by atoms with E-state index in [9.17, 15) is 9.59 Å². The lowest BCUT2D eigenvalue weighted by Gasteiger charge is -2.29. The minimum absolute atomic E-state index is 0.0382. The topological polar surface area (TPSA) is 58.6 Å². The molecular formula is C23H29ClN2O3. The third-order valence-corrected chi connectivity index (χ3v) is 5.09. The Hall–Kier alpha value is -2.53. The van der Waals surface area contributed by atoms with E-state index in [1.165, 1.54) is 4.90 Å². The van der Waals surface area contributed by atoms with Gasteiger partial charge in [0.25, 0.3) is 5.91 Å². The second kappa shape index (κ2) is 10.9. The minimum Gasteiger partial charge on any atom is -0.484 e. The summed E-state index contributed by atoms with van der Waals surface area (Å²) < 4.78 is 5.72. The van der Waals surface area contributed by atoms with Crippen LogP contribution in [-0.2, 0) is 16.1 Å². The minimum atomic E-state index is -0.643. The Bertz CT molecular complexity index is 840. The molecule has 2 atom stereocenters. The zero-order chi connectivity index (χ0) is 21.4. The van der Waals surface area contributed by atoms with Crippen LogP contribution in [0.1, 0.15) is 38.3 Å². The van der Waals surface area contributed by atoms with Crippen molar-refractivity contribution < 1.29 is 14.3 Å². The molecule has 1 N–H and O–H groups in total. The maximum atomic E-state index is 13.0. The number of rotatable bonds is 9. The summed E-state index contributed by atoms with van der Waals surface area (Å²) in [6, 6.07) is 14.2. The van der Waals surface area contributed by atoms with Crippen LogP contribution in [0, 0.1) is 6.92 Å². The zero-order valence-corrected chi connectivity index (χ0v) is 18.2. The van der Waals surface area contributed by atoms with Crippen LogP contribution < -0.4 is 10.1 Å². The number of aryl methyl sites for hydroxylation is 1. The molecule has 0 aliphatic heterocycles. The maximum Gasteiger partial charge on any atom is 0.261 e. The first-order chi connectivity index (χ1) is 13.8. The number of nitrogens with zero attached hydrogens (tertiary/aromatic N) is 1. The van der Waals surface area contributed by atoms with Crippen LogP contribution in [0.5, 0.6) is 5.75 Å². The van der Waals surface area contributed by atoms with Crippen LogP contribution >= 0.6 is 11.6 Å². The fourth-order valence-corrected chi connectivity index (χ4v) is 3.03. The average Bonchev–Trinajstić information content (AvgIpc) is 2.70. The van der Waals surface area contributed by atoms with E-state index in [-0.39, 0.29) is 31.0 Å². The molecule has 6 heteroatoms. The molecule has 5 nitrogen and oxygen atoms in total. The van der Waals surface area contributed by atoms with Gasteiger partial charge in [-0.25, -0.2) is 0 Å². The molecular weight excluding hydrogens is 388 g/mol. The predicted molar refractivity (Wildman–Crippen MR) is 116 cm³/mol. The van der Waals surface area contributed by atoms with Gasteiger partial charge in [0.2, 0.25) is 5.91 Å². The van der Waals surface area contributed by atoms with Crippen molar-refractivity contribution in [3.63, 3.8) is 0 Å². The number of hydrogen-bond acceptors (Lipinski definition) is 3. The van der Waals surface area contributed by atoms with Gasteiger partial charge in [-0.2, -0.15) is 0 Å². The SMILES string of the molecule is CCC(C)NC(=O)C(C)N(Cc1cccc(Cl)c1)C(=O)COc1ccccc1C. The molecule has 0 heterocycles. The summed E-state index contributed by atoms with van der Waals surface area (Å²) in [5.41, 5.74) is 1.80. The number of benzene rings is 2. The van der Waals surface area contributed by atoms with Crippen molar-refractivity contribution in [2.24, 2.45) is 0 Å². The molecule has 2 amide bonds. The van der Waals surface area contributed by atoms with Gasteiger partial charge in [-0.3, -0.25) is 9.59 Å². The number of nitrogens with one attached hydrogen (secondary N) is 1. The van der Waals surface area contributed by atoms with Crippen molar-refractivity contribution in [2.75, 3.05) is 6.61 Å². The first kappa shape index (κ1) is 22.8. The molecule has 0 bridgehead atoms. The Kier molecular flexibility index (Phi) is 8.52. The van der Waals surface area contributed by atoms with Gasteiger partial charge in [0.15, 0.2) is 6.61 Å². The number of carbonyl (C=O) groups excluding carboxylic acids is 2. The van der Waals surface area contributed by atoms with E-state index in [2.05, 4.69) is 5.32 Å². The highest BCUT2D eigenvalue weighted by molar-refractivity contribution is 6.30. The highest BCUT2D eigenvalue weighted by atomic mass is 35.5. The summed E-state index contributed by atoms with van der Waals surface area (Å²) in [5, 5.41) is 3.53. The third-order valence-electron chi connectivity index (χ3n) is 4.86. The molecule has 156 valence electrons. The molecule has 2 aromatic rings. The molecule has 29 heavy (non-hydrogen) atoms. The number of ether oxygens (including phenoxy) is 1. The van der Waals surface area contributed by atoms with Crippen molar-refractivity contribution in [3.05, 3.63) is 64.7 Å². The van der Waals surface area contributed by atoms with Gasteiger partial charge in [-0.05, 0) is 56.5 Å². The molecule has 2 rings (SSSR count). The van der Waals surface area contributed by atoms with Crippen LogP contribution in [0.25, 0.3) is 0 Å². The Morgan fingerprint density at radius 3 is 2.52 bits per heavy atom. The highest BCUT2D eigenvalue weighted by Gasteiger charge is 2.27. The van der Waals surface area contributed by atoms with E-state index in [1.807, 2.05) is 57.2 Å². The molecule has 0 aromatic heterocycles. The summed E-state index contributed by atoms with van der Waals surface area (Å²) in [6.07, 6.45) is 0.817. The number of hydrogen-bond donors (Lipinski definition) is 1. The van der Waals surface area contributed by atoms with Crippen molar-refractivity contribution >= 4 is 23.4 Å². The quantitative estimate of drug-likeness (QED) is 0.660. The van der Waals surface area contributed by atoms with Crippen molar-refractivity contribution in [3.8, 4) is 5.75 Å². The molecule has 0 aliphatic carbocycles. The van der Waals surface area contributed by atoms with E-state index in [4.69, 9.17) is 16.3 Å². The molecule has 0 aliphatic rings. The van der Waals surface area contributed by atoms with E-state index in [0.717, 1.165) is 17.5 Å². The lowest BCUT2D eigenvalue weighted by molar-refractivity contribution is -0.142. The zero-order valence-electron chi connectivity index (χ0n) is 17.4. The largest absolute Gasteiger partial charge is 0.484 e. The van der Waals surface area contributed by atoms with Gasteiger partial charge >= 0.3 is 0 Å². The predicted octanol–water partition coefficient (Wildman–Crippen LogP) is 4.36. The van der Waals surface area contributed by atoms with Crippen molar-refractivity contribution in [1.29, 1.82) is 0 Å². The number of para-hydroxylation sites is 1. The molecule has 0 saturated carbocycles.